The van der Waals surface area contributed by atoms with Gasteiger partial charge in [0.1, 0.15) is 48.8 Å². The third-order valence-corrected chi connectivity index (χ3v) is 17.7. The van der Waals surface area contributed by atoms with Crippen LogP contribution in [0, 0.1) is 50.7 Å². The van der Waals surface area contributed by atoms with E-state index in [1.807, 2.05) is 6.92 Å². The largest absolute Gasteiger partial charge is 0.481 e. The number of aliphatic hydroxyl groups excluding tert-OH is 8. The molecule has 0 spiro atoms. The Morgan fingerprint density at radius 1 is 0.759 bits per heavy atom. The van der Waals surface area contributed by atoms with Crippen LogP contribution in [0.3, 0.4) is 0 Å². The molecule has 0 radical (unpaired) electrons. The maximum absolute atomic E-state index is 14.9. The number of carbonyl (C=O) groups excluding carboxylic acids is 1. The Morgan fingerprint density at radius 3 is 2.02 bits per heavy atom. The number of allylic oxidation sites excluding steroid dienone is 1. The summed E-state index contributed by atoms with van der Waals surface area (Å²) in [5, 5.41) is 107. The molecule has 58 heavy (non-hydrogen) atoms. The van der Waals surface area contributed by atoms with Gasteiger partial charge in [-0.25, -0.2) is 0 Å². The number of aliphatic hydroxyl groups is 9. The lowest BCUT2D eigenvalue weighted by Gasteiger charge is -2.71. The van der Waals surface area contributed by atoms with E-state index < -0.39 is 120 Å². The SMILES string of the molecule is C[C@@H]1CC[C@]2(C(=O)O[C@@H]3O[C@H](CO[C@@H]4O[C@H](CO)[C@@H](O)[C@H](O)[C@H]4O)[C@@H](O)[C@H](O)[C@H]3O)CC[C@]3(C)C(=CC[C@@H]4[C@@]5(C)CC[C@H](O)[C@](C)(C(=O)O)[C@@H]5CC[C@]43C)[C@@H]2[C@]1(C)O. The zero-order valence-corrected chi connectivity index (χ0v) is 34.4. The van der Waals surface area contributed by atoms with Crippen molar-refractivity contribution in [2.75, 3.05) is 13.2 Å². The summed E-state index contributed by atoms with van der Waals surface area (Å²) in [6.07, 6.45) is -10.6. The molecule has 2 heterocycles. The number of rotatable bonds is 7. The van der Waals surface area contributed by atoms with Crippen LogP contribution in [0.4, 0.5) is 0 Å². The standard InChI is InChI=1S/C42H66O16/c1-19-9-14-42(36(53)58-34-31(50)29(48)27(46)22(57-34)18-55-33-30(49)28(47)26(45)21(17-43)56-33)16-15-38(3)20(32(42)41(19,6)54)7-8-23-37(2)12-11-25(44)40(5,35(51)52)24(37)10-13-39(23,38)4/h7,19,21-34,43-50,54H,8-18H2,1-6H3,(H,51,52)/t19-,21-,22-,23-,24-,25+,26-,27-,28+,29+,30-,31-,32-,33-,34+,37-,38-,39-,40-,41-,42+/m1/s1. The lowest BCUT2D eigenvalue weighted by atomic mass is 9.33. The maximum Gasteiger partial charge on any atom is 0.315 e. The number of ether oxygens (including phenoxy) is 4. The second-order valence-electron chi connectivity index (χ2n) is 20.1. The number of carbonyl (C=O) groups is 2. The summed E-state index contributed by atoms with van der Waals surface area (Å²) in [4.78, 5) is 27.7. The smallest absolute Gasteiger partial charge is 0.315 e. The van der Waals surface area contributed by atoms with Crippen molar-refractivity contribution in [1.82, 2.24) is 0 Å². The molecule has 0 bridgehead atoms. The van der Waals surface area contributed by atoms with Crippen LogP contribution in [0.1, 0.15) is 99.3 Å². The van der Waals surface area contributed by atoms with Crippen molar-refractivity contribution in [1.29, 1.82) is 0 Å². The van der Waals surface area contributed by atoms with Crippen LogP contribution in [0.2, 0.25) is 0 Å². The van der Waals surface area contributed by atoms with E-state index in [4.69, 9.17) is 18.9 Å². The van der Waals surface area contributed by atoms with Crippen LogP contribution < -0.4 is 0 Å². The van der Waals surface area contributed by atoms with Gasteiger partial charge in [-0.1, -0.05) is 39.3 Å². The summed E-state index contributed by atoms with van der Waals surface area (Å²) in [6, 6.07) is 0. The van der Waals surface area contributed by atoms with Crippen molar-refractivity contribution in [3.63, 3.8) is 0 Å². The predicted octanol–water partition coefficient (Wildman–Crippen LogP) is 0.352. The minimum absolute atomic E-state index is 0.0740. The topological polar surface area (TPSA) is 273 Å². The first-order chi connectivity index (χ1) is 27.0. The normalized spacial score (nSPS) is 55.5. The van der Waals surface area contributed by atoms with Crippen molar-refractivity contribution < 1.29 is 79.6 Å². The van der Waals surface area contributed by atoms with Gasteiger partial charge in [-0.05, 0) is 106 Å². The number of carboxylic acid groups (broad SMARTS) is 1. The molecule has 10 N–H and O–H groups in total. The number of hydrogen-bond acceptors (Lipinski definition) is 15. The second-order valence-corrected chi connectivity index (χ2v) is 20.1. The molecule has 2 aliphatic heterocycles. The number of esters is 1. The molecule has 0 unspecified atom stereocenters. The third kappa shape index (κ3) is 6.13. The first-order valence-corrected chi connectivity index (χ1v) is 21.1. The summed E-state index contributed by atoms with van der Waals surface area (Å²) in [7, 11) is 0. The Balaban J connectivity index is 1.16. The molecule has 4 saturated carbocycles. The summed E-state index contributed by atoms with van der Waals surface area (Å²) in [5.41, 5.74) is -4.16. The molecule has 21 atom stereocenters. The maximum atomic E-state index is 14.9. The Hall–Kier alpha value is -1.80. The van der Waals surface area contributed by atoms with Gasteiger partial charge >= 0.3 is 11.9 Å². The van der Waals surface area contributed by atoms with Crippen molar-refractivity contribution >= 4 is 11.9 Å². The molecule has 7 rings (SSSR count). The average molecular weight is 827 g/mol. The van der Waals surface area contributed by atoms with E-state index in [1.165, 1.54) is 0 Å². The number of hydrogen-bond donors (Lipinski definition) is 10. The van der Waals surface area contributed by atoms with Gasteiger partial charge in [-0.3, -0.25) is 9.59 Å². The molecule has 0 aromatic carbocycles. The van der Waals surface area contributed by atoms with Crippen molar-refractivity contribution in [3.05, 3.63) is 11.6 Å². The Kier molecular flexibility index (Phi) is 11.4. The molecule has 16 nitrogen and oxygen atoms in total. The Bertz CT molecular complexity index is 1620. The van der Waals surface area contributed by atoms with E-state index in [2.05, 4.69) is 26.8 Å². The van der Waals surface area contributed by atoms with Crippen molar-refractivity contribution in [3.8, 4) is 0 Å². The van der Waals surface area contributed by atoms with Crippen LogP contribution in [0.25, 0.3) is 0 Å². The molecule has 5 aliphatic carbocycles. The minimum Gasteiger partial charge on any atom is -0.481 e. The van der Waals surface area contributed by atoms with Gasteiger partial charge < -0.3 is 70.0 Å². The predicted molar refractivity (Wildman–Crippen MR) is 201 cm³/mol. The number of aliphatic carboxylic acids is 1. The highest BCUT2D eigenvalue weighted by Crippen LogP contribution is 2.76. The second kappa shape index (κ2) is 14.9. The van der Waals surface area contributed by atoms with Gasteiger partial charge in [0.2, 0.25) is 6.29 Å². The fraction of sp³-hybridized carbons (Fsp3) is 0.905. The monoisotopic (exact) mass is 826 g/mol. The molecule has 6 fully saturated rings. The van der Waals surface area contributed by atoms with Gasteiger partial charge in [0.15, 0.2) is 6.29 Å². The van der Waals surface area contributed by atoms with Crippen molar-refractivity contribution in [2.45, 2.75) is 172 Å². The van der Waals surface area contributed by atoms with Gasteiger partial charge in [-0.2, -0.15) is 0 Å². The number of carboxylic acids is 1. The summed E-state index contributed by atoms with van der Waals surface area (Å²) in [6.45, 7) is 10.8. The highest BCUT2D eigenvalue weighted by Gasteiger charge is 2.73. The lowest BCUT2D eigenvalue weighted by molar-refractivity contribution is -0.329. The molecule has 330 valence electrons. The van der Waals surface area contributed by atoms with Crippen LogP contribution in [-0.4, -0.2) is 149 Å². The van der Waals surface area contributed by atoms with E-state index in [0.717, 1.165) is 5.57 Å². The average Bonchev–Trinajstić information content (AvgIpc) is 3.17. The van der Waals surface area contributed by atoms with Crippen LogP contribution >= 0.6 is 0 Å². The third-order valence-electron chi connectivity index (χ3n) is 17.7. The number of fused-ring (bicyclic) bond motifs is 7. The minimum atomic E-state index is -1.87. The highest BCUT2D eigenvalue weighted by molar-refractivity contribution is 5.79. The van der Waals surface area contributed by atoms with E-state index in [9.17, 15) is 60.7 Å². The first kappa shape index (κ1) is 44.3. The van der Waals surface area contributed by atoms with Crippen LogP contribution in [0.5, 0.6) is 0 Å². The zero-order valence-electron chi connectivity index (χ0n) is 34.4. The van der Waals surface area contributed by atoms with E-state index >= 15 is 0 Å². The highest BCUT2D eigenvalue weighted by atomic mass is 16.7. The molecule has 2 saturated heterocycles. The molecular formula is C42H66O16. The summed E-state index contributed by atoms with van der Waals surface area (Å²) < 4.78 is 22.8. The molecule has 0 amide bonds. The van der Waals surface area contributed by atoms with Crippen LogP contribution in [-0.2, 0) is 28.5 Å². The summed E-state index contributed by atoms with van der Waals surface area (Å²) >= 11 is 0. The molecule has 16 heteroatoms. The van der Waals surface area contributed by atoms with E-state index in [0.29, 0.717) is 57.8 Å². The molecular weight excluding hydrogens is 760 g/mol. The van der Waals surface area contributed by atoms with E-state index in [1.54, 1.807) is 13.8 Å². The molecule has 0 aromatic heterocycles. The fourth-order valence-electron chi connectivity index (χ4n) is 13.6. The molecule has 0 aromatic rings. The van der Waals surface area contributed by atoms with Gasteiger partial charge in [-0.15, -0.1) is 0 Å². The van der Waals surface area contributed by atoms with Crippen LogP contribution in [0.15, 0.2) is 11.6 Å². The first-order valence-electron chi connectivity index (χ1n) is 21.1. The lowest BCUT2D eigenvalue weighted by Crippen LogP contribution is -2.69. The summed E-state index contributed by atoms with van der Waals surface area (Å²) in [5.74, 6) is -2.77. The fourth-order valence-corrected chi connectivity index (χ4v) is 13.6. The van der Waals surface area contributed by atoms with Gasteiger partial charge in [0, 0.05) is 5.92 Å². The van der Waals surface area contributed by atoms with Crippen molar-refractivity contribution in [2.24, 2.45) is 50.7 Å². The quantitative estimate of drug-likeness (QED) is 0.123. The molecule has 7 aliphatic rings. The Morgan fingerprint density at radius 2 is 1.38 bits per heavy atom. The Labute approximate surface area is 339 Å². The zero-order chi connectivity index (χ0) is 42.7. The van der Waals surface area contributed by atoms with Gasteiger partial charge in [0.25, 0.3) is 0 Å². The van der Waals surface area contributed by atoms with E-state index in [-0.39, 0.29) is 28.6 Å². The van der Waals surface area contributed by atoms with Gasteiger partial charge in [0.05, 0.1) is 35.7 Å².